The third-order valence-corrected chi connectivity index (χ3v) is 5.14. The molecule has 0 bridgehead atoms. The Balaban J connectivity index is 1.53. The van der Waals surface area contributed by atoms with Gasteiger partial charge in [-0.3, -0.25) is 10.1 Å². The van der Waals surface area contributed by atoms with Crippen molar-refractivity contribution in [3.63, 3.8) is 0 Å². The fraction of sp³-hybridized carbons (Fsp3) is 0.231. The van der Waals surface area contributed by atoms with Crippen LogP contribution in [0.2, 0.25) is 0 Å². The second kappa shape index (κ2) is 13.0. The molecule has 0 atom stereocenters. The molecule has 0 saturated carbocycles. The fourth-order valence-electron chi connectivity index (χ4n) is 2.89. The summed E-state index contributed by atoms with van der Waals surface area (Å²) in [5.74, 6) is 1.94. The molecule has 0 heterocycles. The van der Waals surface area contributed by atoms with Crippen LogP contribution in [0.5, 0.6) is 17.2 Å². The lowest BCUT2D eigenvalue weighted by molar-refractivity contribution is 0.0973. The SMILES string of the molecule is CC(C)COc1ccc(Br)cc1C(=O)NC(=S)Nc1cccc(OCCOc2ccccc2)c1. The average Bonchev–Trinajstić information content (AvgIpc) is 2.81. The van der Waals surface area contributed by atoms with E-state index in [2.05, 4.69) is 26.6 Å². The molecule has 0 saturated heterocycles. The van der Waals surface area contributed by atoms with Crippen LogP contribution in [0.15, 0.2) is 77.3 Å². The summed E-state index contributed by atoms with van der Waals surface area (Å²) >= 11 is 8.75. The van der Waals surface area contributed by atoms with Crippen LogP contribution in [-0.4, -0.2) is 30.8 Å². The predicted molar refractivity (Wildman–Crippen MR) is 142 cm³/mol. The van der Waals surface area contributed by atoms with Crippen molar-refractivity contribution >= 4 is 44.9 Å². The van der Waals surface area contributed by atoms with Crippen molar-refractivity contribution in [2.75, 3.05) is 25.1 Å². The molecule has 1 amide bonds. The van der Waals surface area contributed by atoms with Crippen molar-refractivity contribution in [1.29, 1.82) is 0 Å². The topological polar surface area (TPSA) is 68.8 Å². The first kappa shape index (κ1) is 25.5. The molecule has 0 unspecified atom stereocenters. The van der Waals surface area contributed by atoms with Gasteiger partial charge in [0, 0.05) is 16.2 Å². The van der Waals surface area contributed by atoms with E-state index in [0.29, 0.717) is 48.5 Å². The monoisotopic (exact) mass is 542 g/mol. The van der Waals surface area contributed by atoms with E-state index in [1.807, 2.05) is 68.4 Å². The maximum atomic E-state index is 12.8. The second-order valence-corrected chi connectivity index (χ2v) is 9.12. The summed E-state index contributed by atoms with van der Waals surface area (Å²) in [6, 6.07) is 22.2. The summed E-state index contributed by atoms with van der Waals surface area (Å²) in [6.45, 7) is 5.41. The normalized spacial score (nSPS) is 10.5. The molecule has 3 aromatic carbocycles. The molecule has 6 nitrogen and oxygen atoms in total. The summed E-state index contributed by atoms with van der Waals surface area (Å²) < 4.78 is 18.0. The minimum atomic E-state index is -0.358. The first-order valence-electron chi connectivity index (χ1n) is 10.9. The van der Waals surface area contributed by atoms with Gasteiger partial charge in [-0.25, -0.2) is 0 Å². The molecule has 0 aliphatic heterocycles. The number of para-hydroxylation sites is 1. The van der Waals surface area contributed by atoms with Gasteiger partial charge < -0.3 is 19.5 Å². The molecule has 34 heavy (non-hydrogen) atoms. The standard InChI is InChI=1S/C26H27BrN2O4S/c1-18(2)17-33-24-12-11-19(27)15-23(24)25(30)29-26(34)28-20-7-6-10-22(16-20)32-14-13-31-21-8-4-3-5-9-21/h3-12,15-16,18H,13-14,17H2,1-2H3,(H2,28,29,30,34). The molecule has 0 aliphatic rings. The van der Waals surface area contributed by atoms with Crippen molar-refractivity contribution in [3.8, 4) is 17.2 Å². The van der Waals surface area contributed by atoms with Gasteiger partial charge in [-0.2, -0.15) is 0 Å². The van der Waals surface area contributed by atoms with Gasteiger partial charge in [0.15, 0.2) is 5.11 Å². The number of carbonyl (C=O) groups excluding carboxylic acids is 1. The first-order valence-corrected chi connectivity index (χ1v) is 12.1. The van der Waals surface area contributed by atoms with E-state index in [1.54, 1.807) is 18.2 Å². The Kier molecular flexibility index (Phi) is 9.73. The van der Waals surface area contributed by atoms with Crippen LogP contribution in [0.3, 0.4) is 0 Å². The molecule has 0 radical (unpaired) electrons. The number of carbonyl (C=O) groups is 1. The van der Waals surface area contributed by atoms with E-state index in [0.717, 1.165) is 10.2 Å². The van der Waals surface area contributed by atoms with Crippen LogP contribution in [-0.2, 0) is 0 Å². The Bertz CT molecular complexity index is 1110. The number of amides is 1. The van der Waals surface area contributed by atoms with Crippen LogP contribution >= 0.6 is 28.1 Å². The van der Waals surface area contributed by atoms with Crippen LogP contribution in [0.4, 0.5) is 5.69 Å². The molecule has 0 spiro atoms. The Hall–Kier alpha value is -3.10. The highest BCUT2D eigenvalue weighted by Gasteiger charge is 2.15. The number of halogens is 1. The average molecular weight is 543 g/mol. The fourth-order valence-corrected chi connectivity index (χ4v) is 3.47. The second-order valence-electron chi connectivity index (χ2n) is 7.79. The zero-order chi connectivity index (χ0) is 24.3. The number of hydrogen-bond donors (Lipinski definition) is 2. The Morgan fingerprint density at radius 1 is 0.912 bits per heavy atom. The predicted octanol–water partition coefficient (Wildman–Crippen LogP) is 6.07. The highest BCUT2D eigenvalue weighted by molar-refractivity contribution is 9.10. The number of benzene rings is 3. The van der Waals surface area contributed by atoms with Gasteiger partial charge in [0.05, 0.1) is 12.2 Å². The van der Waals surface area contributed by atoms with Crippen molar-refractivity contribution in [2.45, 2.75) is 13.8 Å². The maximum Gasteiger partial charge on any atom is 0.261 e. The Morgan fingerprint density at radius 3 is 2.35 bits per heavy atom. The van der Waals surface area contributed by atoms with E-state index in [4.69, 9.17) is 26.4 Å². The van der Waals surface area contributed by atoms with Crippen molar-refractivity contribution in [3.05, 3.63) is 82.8 Å². The number of ether oxygens (including phenoxy) is 3. The summed E-state index contributed by atoms with van der Waals surface area (Å²) in [4.78, 5) is 12.8. The minimum absolute atomic E-state index is 0.171. The zero-order valence-corrected chi connectivity index (χ0v) is 21.4. The van der Waals surface area contributed by atoms with Gasteiger partial charge in [0.25, 0.3) is 5.91 Å². The molecular weight excluding hydrogens is 516 g/mol. The van der Waals surface area contributed by atoms with E-state index in [-0.39, 0.29) is 11.0 Å². The van der Waals surface area contributed by atoms with Crippen LogP contribution in [0.1, 0.15) is 24.2 Å². The van der Waals surface area contributed by atoms with Crippen LogP contribution < -0.4 is 24.8 Å². The summed E-state index contributed by atoms with van der Waals surface area (Å²) in [5.41, 5.74) is 1.09. The summed E-state index contributed by atoms with van der Waals surface area (Å²) in [6.07, 6.45) is 0. The maximum absolute atomic E-state index is 12.8. The van der Waals surface area contributed by atoms with Gasteiger partial charge >= 0.3 is 0 Å². The molecular formula is C26H27BrN2O4S. The van der Waals surface area contributed by atoms with Crippen molar-refractivity contribution in [2.24, 2.45) is 5.92 Å². The highest BCUT2D eigenvalue weighted by Crippen LogP contribution is 2.24. The molecule has 3 aromatic rings. The van der Waals surface area contributed by atoms with Gasteiger partial charge in [0.1, 0.15) is 30.5 Å². The molecule has 2 N–H and O–H groups in total. The highest BCUT2D eigenvalue weighted by atomic mass is 79.9. The van der Waals surface area contributed by atoms with Gasteiger partial charge in [-0.15, -0.1) is 0 Å². The lowest BCUT2D eigenvalue weighted by Crippen LogP contribution is -2.34. The molecule has 3 rings (SSSR count). The molecule has 0 fully saturated rings. The van der Waals surface area contributed by atoms with Gasteiger partial charge in [-0.05, 0) is 60.6 Å². The number of rotatable bonds is 10. The van der Waals surface area contributed by atoms with E-state index in [9.17, 15) is 4.79 Å². The lowest BCUT2D eigenvalue weighted by atomic mass is 10.2. The summed E-state index contributed by atoms with van der Waals surface area (Å²) in [7, 11) is 0. The number of anilines is 1. The zero-order valence-electron chi connectivity index (χ0n) is 19.0. The third-order valence-electron chi connectivity index (χ3n) is 4.44. The van der Waals surface area contributed by atoms with E-state index < -0.39 is 0 Å². The quantitative estimate of drug-likeness (QED) is 0.239. The third kappa shape index (κ3) is 8.35. The smallest absolute Gasteiger partial charge is 0.261 e. The van der Waals surface area contributed by atoms with Crippen molar-refractivity contribution < 1.29 is 19.0 Å². The number of thiocarbonyl (C=S) groups is 1. The lowest BCUT2D eigenvalue weighted by Gasteiger charge is -2.15. The minimum Gasteiger partial charge on any atom is -0.492 e. The van der Waals surface area contributed by atoms with E-state index in [1.165, 1.54) is 0 Å². The Morgan fingerprint density at radius 2 is 1.62 bits per heavy atom. The largest absolute Gasteiger partial charge is 0.492 e. The summed E-state index contributed by atoms with van der Waals surface area (Å²) in [5, 5.41) is 5.90. The molecule has 178 valence electrons. The van der Waals surface area contributed by atoms with Gasteiger partial charge in [-0.1, -0.05) is 54.0 Å². The van der Waals surface area contributed by atoms with Gasteiger partial charge in [0.2, 0.25) is 0 Å². The van der Waals surface area contributed by atoms with E-state index >= 15 is 0 Å². The molecule has 8 heteroatoms. The first-order chi connectivity index (χ1) is 16.4. The number of nitrogens with one attached hydrogen (secondary N) is 2. The van der Waals surface area contributed by atoms with Crippen LogP contribution in [0, 0.1) is 5.92 Å². The number of hydrogen-bond acceptors (Lipinski definition) is 5. The van der Waals surface area contributed by atoms with Crippen molar-refractivity contribution in [1.82, 2.24) is 5.32 Å². The molecule has 0 aliphatic carbocycles. The van der Waals surface area contributed by atoms with Crippen LogP contribution in [0.25, 0.3) is 0 Å². The molecule has 0 aromatic heterocycles. The Labute approximate surface area is 213 Å².